The quantitative estimate of drug-likeness (QED) is 0.310. The van der Waals surface area contributed by atoms with Crippen LogP contribution in [0.1, 0.15) is 0 Å². The molecule has 0 aliphatic carbocycles. The Balaban J connectivity index is 3.45. The van der Waals surface area contributed by atoms with Gasteiger partial charge in [-0.3, -0.25) is 0 Å². The van der Waals surface area contributed by atoms with Crippen LogP contribution in [-0.4, -0.2) is 30.8 Å². The molecule has 0 saturated carbocycles. The summed E-state index contributed by atoms with van der Waals surface area (Å²) >= 11 is 0. The molecular weight excluding hydrogens is 124 g/mol. The van der Waals surface area contributed by atoms with E-state index in [1.165, 1.54) is 14.1 Å². The normalized spacial score (nSPS) is 8.22. The van der Waals surface area contributed by atoms with Crippen LogP contribution in [0.5, 0.6) is 0 Å². The number of hydrogen-bond donors (Lipinski definition) is 0. The van der Waals surface area contributed by atoms with E-state index in [9.17, 15) is 9.81 Å². The fourth-order valence-corrected chi connectivity index (χ4v) is 0.348. The Hall–Kier alpha value is -1.20. The smallest absolute Gasteiger partial charge is 0.129 e. The Morgan fingerprint density at radius 2 is 1.44 bits per heavy atom. The van der Waals surface area contributed by atoms with Crippen LogP contribution in [0, 0.1) is 9.81 Å². The molecule has 0 N–H and O–H groups in total. The first-order chi connectivity index (χ1) is 4.20. The van der Waals surface area contributed by atoms with Crippen molar-refractivity contribution in [2.75, 3.05) is 20.8 Å². The molecule has 0 unspecified atom stereocenters. The Morgan fingerprint density at radius 3 is 1.67 bits per heavy atom. The van der Waals surface area contributed by atoms with Gasteiger partial charge in [-0.15, -0.1) is 9.81 Å². The topological polar surface area (TPSA) is 65.3 Å². The molecule has 0 aliphatic heterocycles. The van der Waals surface area contributed by atoms with E-state index < -0.39 is 0 Å². The van der Waals surface area contributed by atoms with Crippen molar-refractivity contribution in [3.05, 3.63) is 9.81 Å². The molecule has 0 aromatic heterocycles. The lowest BCUT2D eigenvalue weighted by molar-refractivity contribution is 0.190. The average molecular weight is 132 g/mol. The molecule has 6 heteroatoms. The Kier molecular flexibility index (Phi) is 3.26. The van der Waals surface area contributed by atoms with Gasteiger partial charge in [0, 0.05) is 14.1 Å². The van der Waals surface area contributed by atoms with E-state index >= 15 is 0 Å². The SMILES string of the molecule is CN(CN(C)N=O)N=O. The van der Waals surface area contributed by atoms with Gasteiger partial charge in [0.15, 0.2) is 0 Å². The lowest BCUT2D eigenvalue weighted by Gasteiger charge is -2.12. The highest BCUT2D eigenvalue weighted by Gasteiger charge is 1.97. The number of rotatable bonds is 4. The second kappa shape index (κ2) is 3.76. The molecule has 0 heterocycles. The van der Waals surface area contributed by atoms with E-state index in [0.717, 1.165) is 10.0 Å². The molecule has 0 aliphatic rings. The predicted molar refractivity (Wildman–Crippen MR) is 32.0 cm³/mol. The van der Waals surface area contributed by atoms with Crippen molar-refractivity contribution in [1.82, 2.24) is 10.0 Å². The summed E-state index contributed by atoms with van der Waals surface area (Å²) in [6.07, 6.45) is 0. The van der Waals surface area contributed by atoms with Crippen LogP contribution in [0.4, 0.5) is 0 Å². The maximum atomic E-state index is 9.66. The molecule has 0 atom stereocenters. The van der Waals surface area contributed by atoms with Crippen molar-refractivity contribution >= 4 is 0 Å². The molecule has 0 spiro atoms. The molecule has 0 radical (unpaired) electrons. The monoisotopic (exact) mass is 132 g/mol. The Labute approximate surface area is 52.3 Å². The molecule has 9 heavy (non-hydrogen) atoms. The van der Waals surface area contributed by atoms with E-state index in [-0.39, 0.29) is 6.67 Å². The summed E-state index contributed by atoms with van der Waals surface area (Å²) in [7, 11) is 2.91. The minimum Gasteiger partial charge on any atom is -0.243 e. The summed E-state index contributed by atoms with van der Waals surface area (Å²) in [5, 5.41) is 7.15. The third-order valence-corrected chi connectivity index (χ3v) is 0.688. The van der Waals surface area contributed by atoms with Crippen LogP contribution in [0.25, 0.3) is 0 Å². The van der Waals surface area contributed by atoms with E-state index in [2.05, 4.69) is 10.6 Å². The molecule has 0 saturated heterocycles. The van der Waals surface area contributed by atoms with Crippen molar-refractivity contribution in [3.63, 3.8) is 0 Å². The van der Waals surface area contributed by atoms with Gasteiger partial charge in [0.1, 0.15) is 6.67 Å². The minimum atomic E-state index is 0.118. The number of hydrogen-bond acceptors (Lipinski definition) is 4. The van der Waals surface area contributed by atoms with Crippen LogP contribution in [0.3, 0.4) is 0 Å². The van der Waals surface area contributed by atoms with Gasteiger partial charge in [0.25, 0.3) is 0 Å². The summed E-state index contributed by atoms with van der Waals surface area (Å²) in [6.45, 7) is 0.118. The van der Waals surface area contributed by atoms with Crippen LogP contribution in [0.15, 0.2) is 10.6 Å². The van der Waals surface area contributed by atoms with Gasteiger partial charge in [0.2, 0.25) is 0 Å². The van der Waals surface area contributed by atoms with Gasteiger partial charge in [-0.05, 0) is 0 Å². The van der Waals surface area contributed by atoms with Crippen molar-refractivity contribution in [1.29, 1.82) is 0 Å². The fraction of sp³-hybridized carbons (Fsp3) is 1.00. The molecule has 0 aromatic carbocycles. The largest absolute Gasteiger partial charge is 0.243 e. The zero-order valence-electron chi connectivity index (χ0n) is 5.31. The van der Waals surface area contributed by atoms with Crippen LogP contribution in [0.2, 0.25) is 0 Å². The summed E-state index contributed by atoms with van der Waals surface area (Å²) in [6, 6.07) is 0. The highest BCUT2D eigenvalue weighted by Crippen LogP contribution is 1.86. The highest BCUT2D eigenvalue weighted by atomic mass is 16.3. The summed E-state index contributed by atoms with van der Waals surface area (Å²) in [4.78, 5) is 19.3. The molecule has 0 rings (SSSR count). The van der Waals surface area contributed by atoms with E-state index in [4.69, 9.17) is 0 Å². The van der Waals surface area contributed by atoms with Crippen molar-refractivity contribution in [2.45, 2.75) is 0 Å². The van der Waals surface area contributed by atoms with Crippen molar-refractivity contribution in [3.8, 4) is 0 Å². The van der Waals surface area contributed by atoms with Gasteiger partial charge >= 0.3 is 0 Å². The summed E-state index contributed by atoms with van der Waals surface area (Å²) < 4.78 is 0. The third-order valence-electron chi connectivity index (χ3n) is 0.688. The van der Waals surface area contributed by atoms with Crippen molar-refractivity contribution in [2.24, 2.45) is 10.6 Å². The first-order valence-corrected chi connectivity index (χ1v) is 2.29. The molecule has 52 valence electrons. The molecule has 0 aromatic rings. The van der Waals surface area contributed by atoms with Crippen LogP contribution in [-0.2, 0) is 0 Å². The Morgan fingerprint density at radius 1 is 1.11 bits per heavy atom. The predicted octanol–water partition coefficient (Wildman–Crippen LogP) is 0.170. The second-order valence-electron chi connectivity index (χ2n) is 1.62. The lowest BCUT2D eigenvalue weighted by Crippen LogP contribution is -2.24. The average Bonchev–Trinajstić information content (AvgIpc) is 1.87. The maximum Gasteiger partial charge on any atom is 0.129 e. The molecular formula is C3H8N4O2. The zero-order chi connectivity index (χ0) is 7.28. The first-order valence-electron chi connectivity index (χ1n) is 2.29. The van der Waals surface area contributed by atoms with Gasteiger partial charge in [0.05, 0.1) is 10.6 Å². The van der Waals surface area contributed by atoms with Gasteiger partial charge < -0.3 is 0 Å². The second-order valence-corrected chi connectivity index (χ2v) is 1.62. The molecule has 0 fully saturated rings. The molecule has 0 amide bonds. The van der Waals surface area contributed by atoms with Crippen molar-refractivity contribution < 1.29 is 0 Å². The zero-order valence-corrected chi connectivity index (χ0v) is 5.31. The first kappa shape index (κ1) is 7.80. The van der Waals surface area contributed by atoms with Crippen LogP contribution >= 0.6 is 0 Å². The number of nitrogens with zero attached hydrogens (tertiary/aromatic N) is 4. The van der Waals surface area contributed by atoms with E-state index in [0.29, 0.717) is 0 Å². The van der Waals surface area contributed by atoms with E-state index in [1.54, 1.807) is 0 Å². The van der Waals surface area contributed by atoms with E-state index in [1.807, 2.05) is 0 Å². The number of nitroso groups, excluding NO2 is 2. The lowest BCUT2D eigenvalue weighted by atomic mass is 10.9. The fourth-order valence-electron chi connectivity index (χ4n) is 0.348. The van der Waals surface area contributed by atoms with Gasteiger partial charge in [-0.2, -0.15) is 0 Å². The standard InChI is InChI=1S/C3H8N4O2/c1-6(4-8)3-7(2)5-9/h3H2,1-2H3. The summed E-state index contributed by atoms with van der Waals surface area (Å²) in [5.41, 5.74) is 0. The molecule has 0 bridgehead atoms. The summed E-state index contributed by atoms with van der Waals surface area (Å²) in [5.74, 6) is 0. The Bertz CT molecular complexity index is 94.0. The molecule has 6 nitrogen and oxygen atoms in total. The van der Waals surface area contributed by atoms with Crippen LogP contribution < -0.4 is 0 Å². The maximum absolute atomic E-state index is 9.66. The van der Waals surface area contributed by atoms with Gasteiger partial charge in [-0.1, -0.05) is 0 Å². The highest BCUT2D eigenvalue weighted by molar-refractivity contribution is 4.38. The third kappa shape index (κ3) is 3.39. The van der Waals surface area contributed by atoms with Gasteiger partial charge in [-0.25, -0.2) is 10.0 Å². The minimum absolute atomic E-state index is 0.118.